The van der Waals surface area contributed by atoms with Gasteiger partial charge in [0.05, 0.1) is 33.2 Å². The molecule has 0 N–H and O–H groups in total. The van der Waals surface area contributed by atoms with Gasteiger partial charge in [0, 0.05) is 101 Å². The minimum atomic E-state index is -0.113. The van der Waals surface area contributed by atoms with Crippen molar-refractivity contribution in [3.8, 4) is 0 Å². The van der Waals surface area contributed by atoms with E-state index in [0.717, 1.165) is 72.2 Å². The molecule has 6 saturated carbocycles. The zero-order valence-electron chi connectivity index (χ0n) is 39.1. The Morgan fingerprint density at radius 2 is 0.672 bits per heavy atom. The normalized spacial score (nSPS) is 31.3. The molecule has 6 nitrogen and oxygen atoms in total. The monoisotopic (exact) mass is 868 g/mol. The van der Waals surface area contributed by atoms with E-state index in [1.165, 1.54) is 81.9 Å². The van der Waals surface area contributed by atoms with Crippen LogP contribution in [0.25, 0.3) is 65.0 Å². The van der Waals surface area contributed by atoms with Gasteiger partial charge in [-0.3, -0.25) is 29.9 Å². The molecule has 3 aromatic heterocycles. The van der Waals surface area contributed by atoms with Crippen LogP contribution in [0.5, 0.6) is 0 Å². The number of aryl methyl sites for hydroxylation is 3. The lowest BCUT2D eigenvalue weighted by molar-refractivity contribution is 0.205. The second-order valence-electron chi connectivity index (χ2n) is 22.1. The van der Waals surface area contributed by atoms with E-state index in [4.69, 9.17) is 29.9 Å². The van der Waals surface area contributed by atoms with E-state index < -0.39 is 0 Å². The number of pyridine rings is 3. The number of fused-ring (bicyclic) bond motifs is 9. The third-order valence-electron chi connectivity index (χ3n) is 19.1. The van der Waals surface area contributed by atoms with Crippen molar-refractivity contribution < 1.29 is 0 Å². The van der Waals surface area contributed by atoms with Crippen LogP contribution in [0, 0.1) is 42.9 Å². The van der Waals surface area contributed by atoms with Crippen LogP contribution in [0.2, 0.25) is 0 Å². The predicted molar refractivity (Wildman–Crippen MR) is 275 cm³/mol. The summed E-state index contributed by atoms with van der Waals surface area (Å²) in [5.74, 6) is 0.559. The maximum absolute atomic E-state index is 6.00. The van der Waals surface area contributed by atoms with E-state index in [9.17, 15) is 0 Å². The van der Waals surface area contributed by atoms with E-state index in [1.54, 1.807) is 0 Å². The highest BCUT2D eigenvalue weighted by molar-refractivity contribution is 6.13. The molecule has 0 unspecified atom stereocenters. The minimum Gasteiger partial charge on any atom is -0.282 e. The van der Waals surface area contributed by atoms with Crippen LogP contribution in [-0.4, -0.2) is 48.7 Å². The zero-order valence-corrected chi connectivity index (χ0v) is 39.1. The van der Waals surface area contributed by atoms with Gasteiger partial charge >= 0.3 is 0 Å². The molecule has 6 aromatic carbocycles. The summed E-state index contributed by atoms with van der Waals surface area (Å²) < 4.78 is 0. The molecule has 0 aliphatic heterocycles. The van der Waals surface area contributed by atoms with Gasteiger partial charge < -0.3 is 0 Å². The maximum Gasteiger partial charge on any atom is 0.0783 e. The molecule has 0 amide bonds. The highest BCUT2D eigenvalue weighted by Gasteiger charge is 3.04. The summed E-state index contributed by atoms with van der Waals surface area (Å²) in [5, 5.41) is 10.9. The predicted octanol–water partition coefficient (Wildman–Crippen LogP) is 13.8. The lowest BCUT2D eigenvalue weighted by Crippen LogP contribution is -2.23. The number of benzene rings is 6. The summed E-state index contributed by atoms with van der Waals surface area (Å²) in [6.45, 7) is 13.6. The molecule has 0 radical (unpaired) electrons. The second-order valence-corrected chi connectivity index (χ2v) is 22.1. The smallest absolute Gasteiger partial charge is 0.0783 e. The standard InChI is InChI=1S/C61H52N6/c1-34-43-22-19-40-13-7-10-16-46(40)52(43)62-25-49(34)37(4)65-59-28-56(59)32-60(66-38(5)50-26-63-53-44(35(50)2)23-20-41-14-8-11-17-47(41)53)30-58(60)33-61(29-57(61,31-59)55(56)58)67-39(6)51-27-64-54-45(36(51)3)24-21-42-15-9-12-18-48(42)54/h7-27,55H,28-33H2,1-6H3. The van der Waals surface area contributed by atoms with Gasteiger partial charge in [-0.1, -0.05) is 109 Å². The van der Waals surface area contributed by atoms with Gasteiger partial charge in [0.15, 0.2) is 0 Å². The van der Waals surface area contributed by atoms with Crippen molar-refractivity contribution in [3.05, 3.63) is 161 Å². The molecule has 6 fully saturated rings. The Balaban J connectivity index is 0.854. The van der Waals surface area contributed by atoms with Gasteiger partial charge in [-0.15, -0.1) is 0 Å². The van der Waals surface area contributed by atoms with E-state index >= 15 is 0 Å². The summed E-state index contributed by atoms with van der Waals surface area (Å²) in [4.78, 5) is 33.4. The molecule has 6 heteroatoms. The fourth-order valence-electron chi connectivity index (χ4n) is 16.4. The number of hydrogen-bond acceptors (Lipinski definition) is 6. The summed E-state index contributed by atoms with van der Waals surface area (Å²) in [5.41, 5.74) is 13.9. The van der Waals surface area contributed by atoms with Crippen molar-refractivity contribution in [2.24, 2.45) is 37.1 Å². The van der Waals surface area contributed by atoms with Gasteiger partial charge in [0.1, 0.15) is 0 Å². The Morgan fingerprint density at radius 3 is 0.970 bits per heavy atom. The SMILES string of the molecule is CC(=NC12CC13CC1(N=C(C)c4cnc5c(ccc6ccccc65)c4C)CC14CC1(N=C(C)c5cnc6c(ccc7ccccc76)c5C)CC1(C2)C34)c1cnc2c(ccc3ccccc32)c1C. The summed E-state index contributed by atoms with van der Waals surface area (Å²) in [7, 11) is 0. The maximum atomic E-state index is 6.00. The van der Waals surface area contributed by atoms with Crippen LogP contribution < -0.4 is 0 Å². The van der Waals surface area contributed by atoms with Gasteiger partial charge in [-0.25, -0.2) is 0 Å². The Hall–Kier alpha value is -6.66. The number of aromatic nitrogens is 3. The van der Waals surface area contributed by atoms with E-state index in [-0.39, 0.29) is 32.9 Å². The average Bonchev–Trinajstić information content (AvgIpc) is 4.18. The third kappa shape index (κ3) is 4.58. The largest absolute Gasteiger partial charge is 0.282 e. The Kier molecular flexibility index (Phi) is 7.04. The van der Waals surface area contributed by atoms with E-state index in [1.807, 2.05) is 0 Å². The molecule has 3 spiro atoms. The first kappa shape index (κ1) is 38.4. The lowest BCUT2D eigenvalue weighted by Gasteiger charge is -2.25. The van der Waals surface area contributed by atoms with Crippen LogP contribution in [0.15, 0.2) is 143 Å². The summed E-state index contributed by atoms with van der Waals surface area (Å²) in [6.07, 6.45) is 13.1. The van der Waals surface area contributed by atoms with Crippen molar-refractivity contribution in [1.82, 2.24) is 15.0 Å². The van der Waals surface area contributed by atoms with Crippen LogP contribution in [0.1, 0.15) is 92.7 Å². The van der Waals surface area contributed by atoms with E-state index in [0.29, 0.717) is 5.92 Å². The third-order valence-corrected chi connectivity index (χ3v) is 19.1. The second kappa shape index (κ2) is 12.3. The van der Waals surface area contributed by atoms with Crippen molar-refractivity contribution >= 4 is 82.2 Å². The van der Waals surface area contributed by atoms with Crippen molar-refractivity contribution in [2.45, 2.75) is 96.7 Å². The van der Waals surface area contributed by atoms with Crippen LogP contribution >= 0.6 is 0 Å². The fraction of sp³-hybridized carbons (Fsp3) is 0.311. The molecule has 67 heavy (non-hydrogen) atoms. The van der Waals surface area contributed by atoms with Crippen LogP contribution in [-0.2, 0) is 0 Å². The fourth-order valence-corrected chi connectivity index (χ4v) is 16.4. The number of rotatable bonds is 6. The highest BCUT2D eigenvalue weighted by Crippen LogP contribution is 3.03. The first-order valence-corrected chi connectivity index (χ1v) is 24.5. The summed E-state index contributed by atoms with van der Waals surface area (Å²) in [6, 6.07) is 39.3. The molecule has 15 rings (SSSR count). The van der Waals surface area contributed by atoms with Crippen LogP contribution in [0.4, 0.5) is 0 Å². The van der Waals surface area contributed by atoms with Gasteiger partial charge in [0.25, 0.3) is 0 Å². The molecule has 9 aromatic rings. The van der Waals surface area contributed by atoms with Gasteiger partial charge in [-0.2, -0.15) is 0 Å². The molecule has 6 aliphatic rings. The quantitative estimate of drug-likeness (QED) is 0.123. The van der Waals surface area contributed by atoms with Crippen molar-refractivity contribution in [3.63, 3.8) is 0 Å². The lowest BCUT2D eigenvalue weighted by atomic mass is 9.77. The molecule has 0 atom stereocenters. The van der Waals surface area contributed by atoms with Gasteiger partial charge in [0.2, 0.25) is 0 Å². The number of nitrogens with zero attached hydrogens (tertiary/aromatic N) is 6. The Bertz CT molecular complexity index is 3500. The number of hydrogen-bond donors (Lipinski definition) is 0. The number of aliphatic imine (C=N–C) groups is 3. The molecule has 6 aliphatic carbocycles. The minimum absolute atomic E-state index is 0.113. The highest BCUT2D eigenvalue weighted by atomic mass is 15.2. The zero-order chi connectivity index (χ0) is 45.0. The van der Waals surface area contributed by atoms with E-state index in [2.05, 4.69) is 169 Å². The molecule has 326 valence electrons. The molecule has 0 saturated heterocycles. The van der Waals surface area contributed by atoms with Crippen molar-refractivity contribution in [2.75, 3.05) is 0 Å². The molecular formula is C61H52N6. The molecule has 3 heterocycles. The first-order chi connectivity index (χ1) is 32.5. The van der Waals surface area contributed by atoms with Crippen molar-refractivity contribution in [1.29, 1.82) is 0 Å². The average molecular weight is 869 g/mol. The van der Waals surface area contributed by atoms with Crippen LogP contribution in [0.3, 0.4) is 0 Å². The molecular weight excluding hydrogens is 817 g/mol. The molecule has 0 bridgehead atoms. The Morgan fingerprint density at radius 1 is 0.388 bits per heavy atom. The van der Waals surface area contributed by atoms with Gasteiger partial charge in [-0.05, 0) is 119 Å². The summed E-state index contributed by atoms with van der Waals surface area (Å²) >= 11 is 0. The first-order valence-electron chi connectivity index (χ1n) is 24.5. The topological polar surface area (TPSA) is 75.8 Å². The Labute approximate surface area is 390 Å².